The zero-order chi connectivity index (χ0) is 18.3. The molecule has 25 heavy (non-hydrogen) atoms. The van der Waals surface area contributed by atoms with Crippen LogP contribution >= 0.6 is 11.3 Å². The fourth-order valence-electron chi connectivity index (χ4n) is 2.88. The van der Waals surface area contributed by atoms with Crippen LogP contribution in [0.2, 0.25) is 0 Å². The van der Waals surface area contributed by atoms with Crippen molar-refractivity contribution in [1.29, 1.82) is 0 Å². The van der Waals surface area contributed by atoms with E-state index in [9.17, 15) is 14.0 Å². The molecule has 0 aliphatic carbocycles. The quantitative estimate of drug-likeness (QED) is 0.777. The van der Waals surface area contributed by atoms with Gasteiger partial charge in [0.2, 0.25) is 5.56 Å². The van der Waals surface area contributed by atoms with Gasteiger partial charge in [-0.3, -0.25) is 9.59 Å². The molecule has 2 aromatic heterocycles. The van der Waals surface area contributed by atoms with Gasteiger partial charge in [-0.25, -0.2) is 9.37 Å². The summed E-state index contributed by atoms with van der Waals surface area (Å²) in [5.41, 5.74) is 1.04. The Bertz CT molecular complexity index is 1020. The summed E-state index contributed by atoms with van der Waals surface area (Å²) in [6, 6.07) is 4.92. The first-order valence-corrected chi connectivity index (χ1v) is 8.63. The maximum absolute atomic E-state index is 13.6. The van der Waals surface area contributed by atoms with E-state index in [-0.39, 0.29) is 17.5 Å². The van der Waals surface area contributed by atoms with E-state index in [1.54, 1.807) is 18.4 Å². The lowest BCUT2D eigenvalue weighted by Gasteiger charge is -2.25. The number of thiazole rings is 1. The van der Waals surface area contributed by atoms with E-state index >= 15 is 0 Å². The summed E-state index contributed by atoms with van der Waals surface area (Å²) in [4.78, 5) is 34.6. The highest BCUT2D eigenvalue weighted by Crippen LogP contribution is 2.28. The minimum absolute atomic E-state index is 0.178. The van der Waals surface area contributed by atoms with E-state index in [1.165, 1.54) is 29.2 Å². The fraction of sp³-hybridized carbons (Fsp3) is 0.278. The molecule has 1 amide bonds. The molecule has 0 unspecified atom stereocenters. The molecule has 0 fully saturated rings. The second-order valence-corrected chi connectivity index (χ2v) is 7.41. The monoisotopic (exact) mass is 359 g/mol. The molecule has 7 heteroatoms. The van der Waals surface area contributed by atoms with Crippen LogP contribution < -0.4 is 5.56 Å². The molecule has 3 aromatic rings. The van der Waals surface area contributed by atoms with E-state index in [4.69, 9.17) is 0 Å². The Kier molecular flexibility index (Phi) is 4.43. The Morgan fingerprint density at radius 2 is 2.04 bits per heavy atom. The summed E-state index contributed by atoms with van der Waals surface area (Å²) in [6.07, 6.45) is 0. The maximum Gasteiger partial charge on any atom is 0.255 e. The zero-order valence-electron chi connectivity index (χ0n) is 14.4. The number of carbonyl (C=O) groups is 1. The van der Waals surface area contributed by atoms with Crippen molar-refractivity contribution in [1.82, 2.24) is 14.9 Å². The van der Waals surface area contributed by atoms with Gasteiger partial charge < -0.3 is 9.88 Å². The van der Waals surface area contributed by atoms with Crippen LogP contribution in [-0.4, -0.2) is 27.8 Å². The molecule has 3 rings (SSSR count). The number of fused-ring (bicyclic) bond motifs is 1. The molecule has 130 valence electrons. The van der Waals surface area contributed by atoms with Gasteiger partial charge in [0.15, 0.2) is 0 Å². The van der Waals surface area contributed by atoms with Gasteiger partial charge >= 0.3 is 0 Å². The summed E-state index contributed by atoms with van der Waals surface area (Å²) in [5, 5.41) is 1.32. The zero-order valence-corrected chi connectivity index (χ0v) is 15.2. The summed E-state index contributed by atoms with van der Waals surface area (Å²) in [6.45, 7) is 5.77. The normalized spacial score (nSPS) is 12.4. The first-order valence-electron chi connectivity index (χ1n) is 7.81. The standard InChI is InChI=1S/C18H18FN3O2S/c1-9(17-10(2)25-11(3)20-17)22(4)18(24)14-8-16(23)21-15-6-5-12(19)7-13(14)15/h5-9H,1-4H3,(H,21,23)/t9-/m1/s1. The summed E-state index contributed by atoms with van der Waals surface area (Å²) in [5.74, 6) is -0.811. The van der Waals surface area contributed by atoms with Crippen molar-refractivity contribution in [2.75, 3.05) is 7.05 Å². The van der Waals surface area contributed by atoms with Gasteiger partial charge in [0.1, 0.15) is 5.82 Å². The van der Waals surface area contributed by atoms with Crippen molar-refractivity contribution in [3.05, 3.63) is 61.6 Å². The van der Waals surface area contributed by atoms with Gasteiger partial charge in [-0.05, 0) is 39.0 Å². The number of amides is 1. The third-order valence-corrected chi connectivity index (χ3v) is 5.17. The summed E-state index contributed by atoms with van der Waals surface area (Å²) < 4.78 is 13.6. The number of aromatic nitrogens is 2. The largest absolute Gasteiger partial charge is 0.333 e. The van der Waals surface area contributed by atoms with Crippen LogP contribution in [0.5, 0.6) is 0 Å². The molecule has 0 aliphatic rings. The minimum atomic E-state index is -0.463. The van der Waals surface area contributed by atoms with Crippen LogP contribution in [0.25, 0.3) is 10.9 Å². The van der Waals surface area contributed by atoms with Gasteiger partial charge in [-0.15, -0.1) is 11.3 Å². The van der Waals surface area contributed by atoms with Crippen molar-refractivity contribution >= 4 is 28.1 Å². The molecule has 0 spiro atoms. The first kappa shape index (κ1) is 17.3. The number of hydrogen-bond acceptors (Lipinski definition) is 4. The van der Waals surface area contributed by atoms with Crippen molar-refractivity contribution < 1.29 is 9.18 Å². The minimum Gasteiger partial charge on any atom is -0.333 e. The number of hydrogen-bond donors (Lipinski definition) is 1. The number of pyridine rings is 1. The number of nitrogens with zero attached hydrogens (tertiary/aromatic N) is 2. The van der Waals surface area contributed by atoms with Crippen molar-refractivity contribution in [2.24, 2.45) is 0 Å². The van der Waals surface area contributed by atoms with E-state index in [0.717, 1.165) is 15.6 Å². The van der Waals surface area contributed by atoms with E-state index in [2.05, 4.69) is 9.97 Å². The van der Waals surface area contributed by atoms with Crippen LogP contribution in [0, 0.1) is 19.7 Å². The van der Waals surface area contributed by atoms with E-state index < -0.39 is 11.4 Å². The Morgan fingerprint density at radius 1 is 1.32 bits per heavy atom. The lowest BCUT2D eigenvalue weighted by Crippen LogP contribution is -2.31. The smallest absolute Gasteiger partial charge is 0.255 e. The Labute approximate surface area is 148 Å². The van der Waals surface area contributed by atoms with Gasteiger partial charge in [0.05, 0.1) is 22.3 Å². The van der Waals surface area contributed by atoms with Gasteiger partial charge in [0.25, 0.3) is 5.91 Å². The molecule has 5 nitrogen and oxygen atoms in total. The predicted octanol–water partition coefficient (Wildman–Crippen LogP) is 3.57. The summed E-state index contributed by atoms with van der Waals surface area (Å²) >= 11 is 1.58. The Morgan fingerprint density at radius 3 is 2.68 bits per heavy atom. The van der Waals surface area contributed by atoms with E-state index in [1.807, 2.05) is 20.8 Å². The topological polar surface area (TPSA) is 66.1 Å². The van der Waals surface area contributed by atoms with Crippen LogP contribution in [0.4, 0.5) is 4.39 Å². The van der Waals surface area contributed by atoms with Gasteiger partial charge in [-0.1, -0.05) is 0 Å². The first-order chi connectivity index (χ1) is 11.8. The molecule has 0 aliphatic heterocycles. The molecule has 2 heterocycles. The van der Waals surface area contributed by atoms with Gasteiger partial charge in [0, 0.05) is 28.9 Å². The number of H-pyrrole nitrogens is 1. The number of nitrogens with one attached hydrogen (secondary N) is 1. The molecule has 0 saturated heterocycles. The summed E-state index contributed by atoms with van der Waals surface area (Å²) in [7, 11) is 1.66. The molecule has 1 N–H and O–H groups in total. The van der Waals surface area contributed by atoms with Crippen LogP contribution in [0.15, 0.2) is 29.1 Å². The molecule has 0 radical (unpaired) electrons. The SMILES string of the molecule is Cc1nc([C@@H](C)N(C)C(=O)c2cc(=O)[nH]c3ccc(F)cc23)c(C)s1. The van der Waals surface area contributed by atoms with Gasteiger partial charge in [-0.2, -0.15) is 0 Å². The maximum atomic E-state index is 13.6. The van der Waals surface area contributed by atoms with Crippen molar-refractivity contribution in [2.45, 2.75) is 26.8 Å². The number of carbonyl (C=O) groups excluding carboxylic acids is 1. The van der Waals surface area contributed by atoms with Crippen LogP contribution in [0.3, 0.4) is 0 Å². The number of aryl methyl sites for hydroxylation is 2. The molecular weight excluding hydrogens is 341 g/mol. The average Bonchev–Trinajstić information content (AvgIpc) is 2.90. The highest BCUT2D eigenvalue weighted by atomic mass is 32.1. The van der Waals surface area contributed by atoms with Crippen molar-refractivity contribution in [3.8, 4) is 0 Å². The fourth-order valence-corrected chi connectivity index (χ4v) is 3.79. The molecule has 1 atom stereocenters. The number of aromatic amines is 1. The lowest BCUT2D eigenvalue weighted by molar-refractivity contribution is 0.0741. The average molecular weight is 359 g/mol. The second-order valence-electron chi connectivity index (χ2n) is 6.00. The van der Waals surface area contributed by atoms with Crippen LogP contribution in [0.1, 0.15) is 38.9 Å². The molecule has 1 aromatic carbocycles. The van der Waals surface area contributed by atoms with Crippen LogP contribution in [-0.2, 0) is 0 Å². The van der Waals surface area contributed by atoms with Crippen molar-refractivity contribution in [3.63, 3.8) is 0 Å². The Hall–Kier alpha value is -2.54. The lowest BCUT2D eigenvalue weighted by atomic mass is 10.1. The number of halogens is 1. The second kappa shape index (κ2) is 6.40. The molecule has 0 saturated carbocycles. The third-order valence-electron chi connectivity index (χ3n) is 4.27. The highest BCUT2D eigenvalue weighted by molar-refractivity contribution is 7.11. The molecular formula is C18H18FN3O2S. The number of rotatable bonds is 3. The highest BCUT2D eigenvalue weighted by Gasteiger charge is 2.24. The third kappa shape index (κ3) is 3.19. The Balaban J connectivity index is 2.05. The predicted molar refractivity (Wildman–Crippen MR) is 96.6 cm³/mol. The number of benzene rings is 1. The van der Waals surface area contributed by atoms with E-state index in [0.29, 0.717) is 10.9 Å². The molecule has 0 bridgehead atoms.